The first kappa shape index (κ1) is 12.1. The number of rotatable bonds is 4. The van der Waals surface area contributed by atoms with Gasteiger partial charge in [-0.05, 0) is 30.0 Å². The Morgan fingerprint density at radius 2 is 2.07 bits per heavy atom. The Hall–Kier alpha value is -0.930. The molecule has 0 amide bonds. The van der Waals surface area contributed by atoms with E-state index in [9.17, 15) is 9.50 Å². The van der Waals surface area contributed by atoms with Crippen molar-refractivity contribution in [1.29, 1.82) is 0 Å². The predicted molar refractivity (Wildman–Crippen MR) is 58.8 cm³/mol. The van der Waals surface area contributed by atoms with E-state index in [0.29, 0.717) is 17.9 Å². The molecule has 0 saturated heterocycles. The molecule has 0 spiro atoms. The zero-order chi connectivity index (χ0) is 11.4. The van der Waals surface area contributed by atoms with E-state index in [4.69, 9.17) is 5.73 Å². The molecular formula is C12H18FNO. The van der Waals surface area contributed by atoms with Gasteiger partial charge in [-0.1, -0.05) is 26.0 Å². The normalized spacial score (nSPS) is 15.3. The van der Waals surface area contributed by atoms with Gasteiger partial charge in [-0.2, -0.15) is 0 Å². The summed E-state index contributed by atoms with van der Waals surface area (Å²) >= 11 is 0. The van der Waals surface area contributed by atoms with Crippen LogP contribution in [-0.2, 0) is 0 Å². The van der Waals surface area contributed by atoms with Gasteiger partial charge in [0.2, 0.25) is 0 Å². The maximum absolute atomic E-state index is 12.9. The zero-order valence-electron chi connectivity index (χ0n) is 9.15. The van der Waals surface area contributed by atoms with Crippen molar-refractivity contribution in [1.82, 2.24) is 0 Å². The molecule has 15 heavy (non-hydrogen) atoms. The summed E-state index contributed by atoms with van der Waals surface area (Å²) < 4.78 is 12.9. The topological polar surface area (TPSA) is 46.2 Å². The highest BCUT2D eigenvalue weighted by Gasteiger charge is 2.18. The lowest BCUT2D eigenvalue weighted by molar-refractivity contribution is 0.121. The molecule has 0 aromatic heterocycles. The third-order valence-electron chi connectivity index (χ3n) is 2.36. The molecule has 0 bridgehead atoms. The van der Waals surface area contributed by atoms with Gasteiger partial charge in [0, 0.05) is 0 Å². The molecule has 2 nitrogen and oxygen atoms in total. The molecule has 0 aliphatic carbocycles. The van der Waals surface area contributed by atoms with E-state index in [0.717, 1.165) is 0 Å². The molecule has 3 heteroatoms. The fraction of sp³-hybridized carbons (Fsp3) is 0.500. The lowest BCUT2D eigenvalue weighted by atomic mass is 9.95. The number of aliphatic hydroxyl groups excluding tert-OH is 1. The van der Waals surface area contributed by atoms with Gasteiger partial charge < -0.3 is 10.8 Å². The second-order valence-electron chi connectivity index (χ2n) is 4.28. The first-order valence-electron chi connectivity index (χ1n) is 5.20. The second-order valence-corrected chi connectivity index (χ2v) is 4.28. The minimum Gasteiger partial charge on any atom is -0.391 e. The summed E-state index contributed by atoms with van der Waals surface area (Å²) in [6.07, 6.45) is 0.00399. The smallest absolute Gasteiger partial charge is 0.123 e. The van der Waals surface area contributed by atoms with E-state index in [2.05, 4.69) is 0 Å². The average Bonchev–Trinajstić information content (AvgIpc) is 2.15. The third-order valence-corrected chi connectivity index (χ3v) is 2.36. The van der Waals surface area contributed by atoms with E-state index in [1.807, 2.05) is 13.8 Å². The van der Waals surface area contributed by atoms with Crippen LogP contribution in [-0.4, -0.2) is 11.2 Å². The number of halogens is 1. The largest absolute Gasteiger partial charge is 0.391 e. The number of benzene rings is 1. The lowest BCUT2D eigenvalue weighted by Gasteiger charge is -2.20. The summed E-state index contributed by atoms with van der Waals surface area (Å²) in [4.78, 5) is 0. The highest BCUT2D eigenvalue weighted by molar-refractivity contribution is 5.20. The molecule has 1 aromatic carbocycles. The van der Waals surface area contributed by atoms with Gasteiger partial charge in [0.25, 0.3) is 0 Å². The van der Waals surface area contributed by atoms with Crippen molar-refractivity contribution in [2.45, 2.75) is 32.4 Å². The highest BCUT2D eigenvalue weighted by atomic mass is 19.1. The molecule has 2 atom stereocenters. The Labute approximate surface area is 89.9 Å². The van der Waals surface area contributed by atoms with Crippen molar-refractivity contribution < 1.29 is 9.50 Å². The van der Waals surface area contributed by atoms with Crippen molar-refractivity contribution >= 4 is 0 Å². The Morgan fingerprint density at radius 1 is 1.40 bits per heavy atom. The van der Waals surface area contributed by atoms with E-state index in [1.165, 1.54) is 12.1 Å². The van der Waals surface area contributed by atoms with Crippen molar-refractivity contribution in [2.75, 3.05) is 0 Å². The van der Waals surface area contributed by atoms with Crippen LogP contribution in [0.25, 0.3) is 0 Å². The van der Waals surface area contributed by atoms with Crippen LogP contribution in [0, 0.1) is 11.7 Å². The minimum atomic E-state index is -0.619. The minimum absolute atomic E-state index is 0.320. The van der Waals surface area contributed by atoms with Crippen LogP contribution in [0.2, 0.25) is 0 Å². The Bertz CT molecular complexity index is 314. The van der Waals surface area contributed by atoms with Crippen LogP contribution >= 0.6 is 0 Å². The highest BCUT2D eigenvalue weighted by Crippen LogP contribution is 2.19. The molecule has 3 N–H and O–H groups in total. The summed E-state index contributed by atoms with van der Waals surface area (Å²) in [6.45, 7) is 4.03. The molecule has 84 valence electrons. The van der Waals surface area contributed by atoms with Gasteiger partial charge >= 0.3 is 0 Å². The van der Waals surface area contributed by atoms with Crippen molar-refractivity contribution in [3.8, 4) is 0 Å². The molecule has 1 aromatic rings. The monoisotopic (exact) mass is 211 g/mol. The molecular weight excluding hydrogens is 193 g/mol. The van der Waals surface area contributed by atoms with Gasteiger partial charge in [-0.3, -0.25) is 0 Å². The first-order chi connectivity index (χ1) is 7.00. The average molecular weight is 211 g/mol. The summed E-state index contributed by atoms with van der Waals surface area (Å²) in [7, 11) is 0. The van der Waals surface area contributed by atoms with Crippen LogP contribution in [0.1, 0.15) is 31.9 Å². The molecule has 0 heterocycles. The molecule has 1 rings (SSSR count). The van der Waals surface area contributed by atoms with Crippen LogP contribution < -0.4 is 5.73 Å². The number of hydrogen-bond donors (Lipinski definition) is 2. The van der Waals surface area contributed by atoms with Gasteiger partial charge in [0.05, 0.1) is 12.1 Å². The Morgan fingerprint density at radius 3 is 2.60 bits per heavy atom. The van der Waals surface area contributed by atoms with Crippen LogP contribution in [0.15, 0.2) is 24.3 Å². The third kappa shape index (κ3) is 3.61. The molecule has 0 radical (unpaired) electrons. The molecule has 0 fully saturated rings. The van der Waals surface area contributed by atoms with E-state index in [-0.39, 0.29) is 5.82 Å². The number of nitrogens with two attached hydrogens (primary N) is 1. The summed E-state index contributed by atoms with van der Waals surface area (Å²) in [6, 6.07) is 5.56. The van der Waals surface area contributed by atoms with Gasteiger partial charge in [0.1, 0.15) is 5.82 Å². The van der Waals surface area contributed by atoms with Crippen LogP contribution in [0.4, 0.5) is 4.39 Å². The van der Waals surface area contributed by atoms with E-state index < -0.39 is 12.1 Å². The Kier molecular flexibility index (Phi) is 4.24. The van der Waals surface area contributed by atoms with Crippen LogP contribution in [0.5, 0.6) is 0 Å². The second kappa shape index (κ2) is 5.24. The summed E-state index contributed by atoms with van der Waals surface area (Å²) in [5.41, 5.74) is 6.48. The van der Waals surface area contributed by atoms with Gasteiger partial charge in [0.15, 0.2) is 0 Å². The molecule has 0 aliphatic rings. The number of hydrogen-bond acceptors (Lipinski definition) is 2. The maximum atomic E-state index is 12.9. The fourth-order valence-corrected chi connectivity index (χ4v) is 1.57. The van der Waals surface area contributed by atoms with E-state index >= 15 is 0 Å². The fourth-order valence-electron chi connectivity index (χ4n) is 1.57. The van der Waals surface area contributed by atoms with E-state index in [1.54, 1.807) is 12.1 Å². The molecule has 0 unspecified atom stereocenters. The lowest BCUT2D eigenvalue weighted by Crippen LogP contribution is -2.27. The van der Waals surface area contributed by atoms with Crippen molar-refractivity contribution in [3.05, 3.63) is 35.6 Å². The first-order valence-corrected chi connectivity index (χ1v) is 5.20. The number of aliphatic hydroxyl groups is 1. The maximum Gasteiger partial charge on any atom is 0.123 e. The summed E-state index contributed by atoms with van der Waals surface area (Å²) in [5.74, 6) is 0.0549. The SMILES string of the molecule is CC(C)C[C@H](O)[C@H](N)c1cccc(F)c1. The zero-order valence-corrected chi connectivity index (χ0v) is 9.15. The molecule has 0 saturated carbocycles. The predicted octanol–water partition coefficient (Wildman–Crippen LogP) is 2.23. The molecule has 0 aliphatic heterocycles. The van der Waals surface area contributed by atoms with Crippen molar-refractivity contribution in [2.24, 2.45) is 11.7 Å². The standard InChI is InChI=1S/C12H18FNO/c1-8(2)6-11(15)12(14)9-4-3-5-10(13)7-9/h3-5,7-8,11-12,15H,6,14H2,1-2H3/t11-,12+/m0/s1. The summed E-state index contributed by atoms with van der Waals surface area (Å²) in [5, 5.41) is 9.78. The Balaban J connectivity index is 2.71. The van der Waals surface area contributed by atoms with Gasteiger partial charge in [-0.15, -0.1) is 0 Å². The van der Waals surface area contributed by atoms with Crippen molar-refractivity contribution in [3.63, 3.8) is 0 Å². The van der Waals surface area contributed by atoms with Crippen LogP contribution in [0.3, 0.4) is 0 Å². The van der Waals surface area contributed by atoms with Gasteiger partial charge in [-0.25, -0.2) is 4.39 Å². The quantitative estimate of drug-likeness (QED) is 0.802.